The number of rotatable bonds is 2. The van der Waals surface area contributed by atoms with E-state index in [1.165, 1.54) is 4.90 Å². The second-order valence-electron chi connectivity index (χ2n) is 5.60. The highest BCUT2D eigenvalue weighted by molar-refractivity contribution is 7.11. The lowest BCUT2D eigenvalue weighted by Crippen LogP contribution is -2.65. The van der Waals surface area contributed by atoms with Crippen molar-refractivity contribution in [1.82, 2.24) is 20.1 Å². The van der Waals surface area contributed by atoms with Crippen LogP contribution in [0.15, 0.2) is 0 Å². The number of nitrogens with zero attached hydrogens (tertiary/aromatic N) is 3. The minimum Gasteiger partial charge on any atom is -0.346 e. The van der Waals surface area contributed by atoms with Gasteiger partial charge < -0.3 is 10.2 Å². The average Bonchev–Trinajstić information content (AvgIpc) is 2.84. The van der Waals surface area contributed by atoms with Crippen LogP contribution in [-0.4, -0.2) is 58.8 Å². The molecular weight excluding hydrogens is 333 g/mol. The largest absolute Gasteiger partial charge is 0.434 e. The van der Waals surface area contributed by atoms with E-state index in [4.69, 9.17) is 0 Å². The van der Waals surface area contributed by atoms with Crippen molar-refractivity contribution in [2.75, 3.05) is 26.2 Å². The van der Waals surface area contributed by atoms with E-state index >= 15 is 0 Å². The first-order valence-corrected chi connectivity index (χ1v) is 7.92. The fourth-order valence-electron chi connectivity index (χ4n) is 2.92. The van der Waals surface area contributed by atoms with E-state index in [1.807, 2.05) is 4.90 Å². The number of carbonyl (C=O) groups excluding carboxylic acids is 2. The summed E-state index contributed by atoms with van der Waals surface area (Å²) in [6.45, 7) is 3.23. The Labute approximate surface area is 134 Å². The summed E-state index contributed by atoms with van der Waals surface area (Å²) in [6, 6.07) is -0.197. The molecule has 2 aliphatic heterocycles. The quantitative estimate of drug-likeness (QED) is 0.796. The number of aromatic nitrogens is 1. The van der Waals surface area contributed by atoms with Crippen LogP contribution in [0.1, 0.15) is 15.6 Å². The molecule has 3 heterocycles. The minimum atomic E-state index is -4.46. The summed E-state index contributed by atoms with van der Waals surface area (Å²) in [5.74, 6) is -1.18. The molecule has 2 aliphatic rings. The Morgan fingerprint density at radius 2 is 2.09 bits per heavy atom. The molecule has 0 spiro atoms. The molecule has 23 heavy (non-hydrogen) atoms. The van der Waals surface area contributed by atoms with Crippen LogP contribution in [0.5, 0.6) is 0 Å². The molecule has 1 aromatic heterocycles. The lowest BCUT2D eigenvalue weighted by molar-refractivity contribution is -0.152. The van der Waals surface area contributed by atoms with Gasteiger partial charge in [-0.3, -0.25) is 14.5 Å². The van der Waals surface area contributed by atoms with Crippen molar-refractivity contribution in [2.24, 2.45) is 0 Å². The first kappa shape index (κ1) is 16.2. The Kier molecular flexibility index (Phi) is 4.05. The van der Waals surface area contributed by atoms with Crippen molar-refractivity contribution in [3.05, 3.63) is 15.6 Å². The van der Waals surface area contributed by atoms with Crippen molar-refractivity contribution in [3.63, 3.8) is 0 Å². The van der Waals surface area contributed by atoms with Crippen molar-refractivity contribution in [3.8, 4) is 0 Å². The molecule has 1 N–H and O–H groups in total. The molecule has 1 aromatic rings. The first-order chi connectivity index (χ1) is 10.8. The molecule has 0 saturated carbocycles. The molecule has 1 atom stereocenters. The molecule has 2 saturated heterocycles. The summed E-state index contributed by atoms with van der Waals surface area (Å²) in [5, 5.41) is 2.89. The van der Waals surface area contributed by atoms with Crippen LogP contribution in [0.4, 0.5) is 13.2 Å². The highest BCUT2D eigenvalue weighted by atomic mass is 32.1. The number of alkyl halides is 3. The normalized spacial score (nSPS) is 23.0. The van der Waals surface area contributed by atoms with Crippen molar-refractivity contribution >= 4 is 23.2 Å². The number of aryl methyl sites for hydroxylation is 1. The van der Waals surface area contributed by atoms with Gasteiger partial charge in [0.25, 0.3) is 0 Å². The number of nitrogens with one attached hydrogen (secondary N) is 1. The molecule has 0 aromatic carbocycles. The predicted octanol–water partition coefficient (Wildman–Crippen LogP) is 0.613. The van der Waals surface area contributed by atoms with Crippen LogP contribution in [0.25, 0.3) is 0 Å². The second kappa shape index (κ2) is 5.75. The predicted molar refractivity (Wildman–Crippen MR) is 75.6 cm³/mol. The van der Waals surface area contributed by atoms with E-state index in [9.17, 15) is 22.8 Å². The van der Waals surface area contributed by atoms with Gasteiger partial charge in [0.05, 0.1) is 15.9 Å². The Morgan fingerprint density at radius 3 is 2.78 bits per heavy atom. The second-order valence-corrected chi connectivity index (χ2v) is 6.89. The minimum absolute atomic E-state index is 0.146. The molecule has 0 radical (unpaired) electrons. The SMILES string of the molecule is Cc1nc(C(F)(F)F)c(CN2CCN3C(=O)C(=O)NC[C@@H]3C2)s1. The van der Waals surface area contributed by atoms with Gasteiger partial charge in [0, 0.05) is 32.7 Å². The lowest BCUT2D eigenvalue weighted by Gasteiger charge is -2.43. The third kappa shape index (κ3) is 3.18. The van der Waals surface area contributed by atoms with Gasteiger partial charge in [0.15, 0.2) is 5.69 Å². The summed E-state index contributed by atoms with van der Waals surface area (Å²) in [5.41, 5.74) is -0.824. The van der Waals surface area contributed by atoms with Gasteiger partial charge in [-0.2, -0.15) is 13.2 Å². The number of fused-ring (bicyclic) bond motifs is 1. The molecule has 0 unspecified atom stereocenters. The maximum Gasteiger partial charge on any atom is 0.434 e. The topological polar surface area (TPSA) is 65.5 Å². The number of carbonyl (C=O) groups is 2. The van der Waals surface area contributed by atoms with Gasteiger partial charge >= 0.3 is 18.0 Å². The smallest absolute Gasteiger partial charge is 0.346 e. The summed E-state index contributed by atoms with van der Waals surface area (Å²) in [6.07, 6.45) is -4.46. The summed E-state index contributed by atoms with van der Waals surface area (Å²) in [7, 11) is 0. The molecule has 2 amide bonds. The van der Waals surface area contributed by atoms with Gasteiger partial charge in [0.2, 0.25) is 0 Å². The molecule has 0 aliphatic carbocycles. The number of thiazole rings is 1. The van der Waals surface area contributed by atoms with Gasteiger partial charge in [0.1, 0.15) is 0 Å². The van der Waals surface area contributed by atoms with Crippen LogP contribution in [0.2, 0.25) is 0 Å². The van der Waals surface area contributed by atoms with Crippen LogP contribution in [-0.2, 0) is 22.3 Å². The van der Waals surface area contributed by atoms with E-state index in [2.05, 4.69) is 10.3 Å². The highest BCUT2D eigenvalue weighted by Gasteiger charge is 2.40. The lowest BCUT2D eigenvalue weighted by atomic mass is 10.1. The maximum absolute atomic E-state index is 13.0. The Morgan fingerprint density at radius 1 is 1.35 bits per heavy atom. The third-order valence-corrected chi connectivity index (χ3v) is 4.92. The van der Waals surface area contributed by atoms with Gasteiger partial charge in [-0.1, -0.05) is 0 Å². The zero-order valence-corrected chi connectivity index (χ0v) is 13.1. The number of amides is 2. The number of halogens is 3. The van der Waals surface area contributed by atoms with E-state index < -0.39 is 23.7 Å². The van der Waals surface area contributed by atoms with E-state index in [1.54, 1.807) is 6.92 Å². The monoisotopic (exact) mass is 348 g/mol. The first-order valence-electron chi connectivity index (χ1n) is 7.10. The zero-order valence-electron chi connectivity index (χ0n) is 12.3. The van der Waals surface area contributed by atoms with Crippen molar-refractivity contribution < 1.29 is 22.8 Å². The molecule has 3 rings (SSSR count). The molecule has 0 bridgehead atoms. The fourth-order valence-corrected chi connectivity index (χ4v) is 3.92. The van der Waals surface area contributed by atoms with Gasteiger partial charge in [-0.25, -0.2) is 4.98 Å². The average molecular weight is 348 g/mol. The molecule has 10 heteroatoms. The van der Waals surface area contributed by atoms with Crippen molar-refractivity contribution in [1.29, 1.82) is 0 Å². The Hall–Kier alpha value is -1.68. The van der Waals surface area contributed by atoms with E-state index in [0.29, 0.717) is 31.2 Å². The number of hydrogen-bond acceptors (Lipinski definition) is 5. The van der Waals surface area contributed by atoms with Crippen molar-refractivity contribution in [2.45, 2.75) is 25.7 Å². The molecule has 6 nitrogen and oxygen atoms in total. The fraction of sp³-hybridized carbons (Fsp3) is 0.615. The van der Waals surface area contributed by atoms with Crippen LogP contribution in [0, 0.1) is 6.92 Å². The summed E-state index contributed by atoms with van der Waals surface area (Å²) < 4.78 is 39.0. The van der Waals surface area contributed by atoms with E-state index in [-0.39, 0.29) is 17.5 Å². The van der Waals surface area contributed by atoms with Crippen LogP contribution in [0.3, 0.4) is 0 Å². The summed E-state index contributed by atoms with van der Waals surface area (Å²) in [4.78, 5) is 30.2. The van der Waals surface area contributed by atoms with Crippen LogP contribution < -0.4 is 5.32 Å². The Bertz CT molecular complexity index is 646. The standard InChI is InChI=1S/C13H15F3N4O2S/c1-7-18-10(13(14,15)16)9(23-7)6-19-2-3-20-8(5-19)4-17-11(21)12(20)22/h8H,2-6H2,1H3,(H,17,21)/t8-/m1/s1. The molecule has 2 fully saturated rings. The van der Waals surface area contributed by atoms with E-state index in [0.717, 1.165) is 11.3 Å². The van der Waals surface area contributed by atoms with Gasteiger partial charge in [-0.15, -0.1) is 11.3 Å². The van der Waals surface area contributed by atoms with Gasteiger partial charge in [-0.05, 0) is 6.92 Å². The number of piperazine rings is 2. The third-order valence-electron chi connectivity index (χ3n) is 3.96. The van der Waals surface area contributed by atoms with Crippen LogP contribution >= 0.6 is 11.3 Å². The highest BCUT2D eigenvalue weighted by Crippen LogP contribution is 2.35. The zero-order chi connectivity index (χ0) is 16.8. The Balaban J connectivity index is 1.71. The molecular formula is C13H15F3N4O2S. The summed E-state index contributed by atoms with van der Waals surface area (Å²) >= 11 is 1.04. The maximum atomic E-state index is 13.0. The number of hydrogen-bond donors (Lipinski definition) is 1. The molecule has 126 valence electrons.